The van der Waals surface area contributed by atoms with Gasteiger partial charge in [-0.1, -0.05) is 47.1 Å². The summed E-state index contributed by atoms with van der Waals surface area (Å²) in [6.07, 6.45) is 2.19. The number of hydrogen-bond acceptors (Lipinski definition) is 4. The van der Waals surface area contributed by atoms with E-state index in [2.05, 4.69) is 10.1 Å². The Labute approximate surface area is 122 Å². The molecule has 1 heterocycles. The van der Waals surface area contributed by atoms with E-state index in [0.29, 0.717) is 18.9 Å². The van der Waals surface area contributed by atoms with E-state index in [1.54, 1.807) is 6.20 Å². The molecule has 0 bridgehead atoms. The number of aryl methyl sites for hydroxylation is 1. The van der Waals surface area contributed by atoms with Gasteiger partial charge in [-0.3, -0.25) is 0 Å². The number of rotatable bonds is 5. The van der Waals surface area contributed by atoms with Crippen LogP contribution < -0.4 is 4.74 Å². The lowest BCUT2D eigenvalue weighted by Gasteiger charge is -2.06. The lowest BCUT2D eigenvalue weighted by atomic mass is 10.1. The molecule has 0 atom stereocenters. The van der Waals surface area contributed by atoms with Gasteiger partial charge in [0.1, 0.15) is 11.8 Å². The SMILES string of the molecule is Cc1ccc(OCc2ccc(CC(Cl)=NO)cc2)nc1. The Morgan fingerprint density at radius 3 is 2.50 bits per heavy atom. The zero-order valence-electron chi connectivity index (χ0n) is 11.1. The van der Waals surface area contributed by atoms with Crippen molar-refractivity contribution in [2.75, 3.05) is 0 Å². The fourth-order valence-electron chi connectivity index (χ4n) is 1.65. The molecule has 1 aromatic heterocycles. The van der Waals surface area contributed by atoms with E-state index in [-0.39, 0.29) is 5.17 Å². The standard InChI is InChI=1S/C15H15ClN2O2/c1-11-2-7-15(17-9-11)20-10-13-5-3-12(4-6-13)8-14(16)18-19/h2-7,9,19H,8,10H2,1H3. The Bertz CT molecular complexity index is 580. The topological polar surface area (TPSA) is 54.7 Å². The molecule has 0 aliphatic rings. The number of aromatic nitrogens is 1. The van der Waals surface area contributed by atoms with E-state index in [1.807, 2.05) is 43.3 Å². The van der Waals surface area contributed by atoms with Gasteiger partial charge in [0.2, 0.25) is 5.88 Å². The zero-order chi connectivity index (χ0) is 14.4. The molecule has 20 heavy (non-hydrogen) atoms. The maximum atomic E-state index is 8.51. The minimum absolute atomic E-state index is 0.165. The van der Waals surface area contributed by atoms with E-state index < -0.39 is 0 Å². The van der Waals surface area contributed by atoms with Gasteiger partial charge in [0.15, 0.2) is 0 Å². The van der Waals surface area contributed by atoms with Crippen LogP contribution >= 0.6 is 11.6 Å². The van der Waals surface area contributed by atoms with Crippen LogP contribution in [0.1, 0.15) is 16.7 Å². The molecule has 0 unspecified atom stereocenters. The van der Waals surface area contributed by atoms with Gasteiger partial charge < -0.3 is 9.94 Å². The van der Waals surface area contributed by atoms with Crippen molar-refractivity contribution in [3.05, 3.63) is 59.3 Å². The molecule has 0 saturated heterocycles. The summed E-state index contributed by atoms with van der Waals surface area (Å²) in [4.78, 5) is 4.18. The minimum Gasteiger partial charge on any atom is -0.473 e. The second-order valence-electron chi connectivity index (χ2n) is 4.43. The molecule has 0 fully saturated rings. The molecular formula is C15H15ClN2O2. The summed E-state index contributed by atoms with van der Waals surface area (Å²) in [6.45, 7) is 2.44. The summed E-state index contributed by atoms with van der Waals surface area (Å²) >= 11 is 5.66. The van der Waals surface area contributed by atoms with Crippen LogP contribution in [0.25, 0.3) is 0 Å². The maximum Gasteiger partial charge on any atom is 0.213 e. The van der Waals surface area contributed by atoms with Gasteiger partial charge in [-0.05, 0) is 23.6 Å². The largest absolute Gasteiger partial charge is 0.473 e. The molecule has 2 aromatic rings. The molecule has 0 amide bonds. The normalized spacial score (nSPS) is 11.4. The van der Waals surface area contributed by atoms with Gasteiger partial charge in [-0.25, -0.2) is 4.98 Å². The number of halogens is 1. The van der Waals surface area contributed by atoms with Gasteiger partial charge >= 0.3 is 0 Å². The van der Waals surface area contributed by atoms with Crippen molar-refractivity contribution in [2.45, 2.75) is 20.0 Å². The Hall–Kier alpha value is -2.07. The monoisotopic (exact) mass is 290 g/mol. The summed E-state index contributed by atoms with van der Waals surface area (Å²) in [5, 5.41) is 11.6. The first-order valence-corrected chi connectivity index (χ1v) is 6.55. The average Bonchev–Trinajstić information content (AvgIpc) is 2.48. The predicted octanol–water partition coefficient (Wildman–Crippen LogP) is 3.54. The van der Waals surface area contributed by atoms with Gasteiger partial charge in [0.05, 0.1) is 0 Å². The Morgan fingerprint density at radius 2 is 1.90 bits per heavy atom. The maximum absolute atomic E-state index is 8.51. The van der Waals surface area contributed by atoms with E-state index in [0.717, 1.165) is 16.7 Å². The summed E-state index contributed by atoms with van der Waals surface area (Å²) in [6, 6.07) is 11.6. The minimum atomic E-state index is 0.165. The third-order valence-corrected chi connectivity index (χ3v) is 2.96. The first-order valence-electron chi connectivity index (χ1n) is 6.17. The Balaban J connectivity index is 1.92. The Kier molecular flexibility index (Phi) is 4.96. The van der Waals surface area contributed by atoms with E-state index in [4.69, 9.17) is 21.5 Å². The first kappa shape index (κ1) is 14.3. The number of pyridine rings is 1. The van der Waals surface area contributed by atoms with Crippen molar-refractivity contribution in [3.63, 3.8) is 0 Å². The average molecular weight is 291 g/mol. The second kappa shape index (κ2) is 6.91. The molecular weight excluding hydrogens is 276 g/mol. The number of oxime groups is 1. The molecule has 0 aliphatic heterocycles. The molecule has 0 aliphatic carbocycles. The second-order valence-corrected chi connectivity index (χ2v) is 4.87. The predicted molar refractivity (Wildman–Crippen MR) is 78.5 cm³/mol. The number of nitrogens with zero attached hydrogens (tertiary/aromatic N) is 2. The van der Waals surface area contributed by atoms with E-state index in [1.165, 1.54) is 0 Å². The molecule has 0 radical (unpaired) electrons. The highest BCUT2D eigenvalue weighted by Gasteiger charge is 2.01. The molecule has 0 spiro atoms. The van der Waals surface area contributed by atoms with Crippen molar-refractivity contribution in [1.29, 1.82) is 0 Å². The van der Waals surface area contributed by atoms with Crippen molar-refractivity contribution >= 4 is 16.8 Å². The van der Waals surface area contributed by atoms with E-state index >= 15 is 0 Å². The molecule has 104 valence electrons. The summed E-state index contributed by atoms with van der Waals surface area (Å²) in [7, 11) is 0. The Morgan fingerprint density at radius 1 is 1.20 bits per heavy atom. The van der Waals surface area contributed by atoms with Crippen LogP contribution in [0, 0.1) is 6.92 Å². The summed E-state index contributed by atoms with van der Waals surface area (Å²) in [5.74, 6) is 0.607. The fraction of sp³-hybridized carbons (Fsp3) is 0.200. The van der Waals surface area contributed by atoms with Crippen LogP contribution in [0.15, 0.2) is 47.8 Å². The molecule has 5 heteroatoms. The third kappa shape index (κ3) is 4.24. The smallest absolute Gasteiger partial charge is 0.213 e. The summed E-state index contributed by atoms with van der Waals surface area (Å²) in [5.41, 5.74) is 3.11. The van der Waals surface area contributed by atoms with Crippen LogP contribution in [-0.4, -0.2) is 15.4 Å². The van der Waals surface area contributed by atoms with Crippen molar-refractivity contribution in [3.8, 4) is 5.88 Å². The zero-order valence-corrected chi connectivity index (χ0v) is 11.8. The first-order chi connectivity index (χ1) is 9.67. The fourth-order valence-corrected chi connectivity index (χ4v) is 1.81. The molecule has 1 N–H and O–H groups in total. The quantitative estimate of drug-likeness (QED) is 0.520. The van der Waals surface area contributed by atoms with Crippen LogP contribution in [0.5, 0.6) is 5.88 Å². The number of hydrogen-bond donors (Lipinski definition) is 1. The lowest BCUT2D eigenvalue weighted by Crippen LogP contribution is -1.99. The van der Waals surface area contributed by atoms with Crippen molar-refractivity contribution < 1.29 is 9.94 Å². The van der Waals surface area contributed by atoms with Crippen LogP contribution in [0.3, 0.4) is 0 Å². The molecule has 2 rings (SSSR count). The molecule has 4 nitrogen and oxygen atoms in total. The third-order valence-electron chi connectivity index (χ3n) is 2.75. The van der Waals surface area contributed by atoms with Crippen LogP contribution in [-0.2, 0) is 13.0 Å². The van der Waals surface area contributed by atoms with Crippen molar-refractivity contribution in [2.24, 2.45) is 5.16 Å². The van der Waals surface area contributed by atoms with E-state index in [9.17, 15) is 0 Å². The van der Waals surface area contributed by atoms with Crippen LogP contribution in [0.2, 0.25) is 0 Å². The lowest BCUT2D eigenvalue weighted by molar-refractivity contribution is 0.294. The highest BCUT2D eigenvalue weighted by molar-refractivity contribution is 6.65. The molecule has 1 aromatic carbocycles. The van der Waals surface area contributed by atoms with Gasteiger partial charge in [0, 0.05) is 18.7 Å². The number of benzene rings is 1. The number of ether oxygens (including phenoxy) is 1. The highest BCUT2D eigenvalue weighted by Crippen LogP contribution is 2.12. The van der Waals surface area contributed by atoms with Gasteiger partial charge in [0.25, 0.3) is 0 Å². The highest BCUT2D eigenvalue weighted by atomic mass is 35.5. The van der Waals surface area contributed by atoms with Gasteiger partial charge in [-0.2, -0.15) is 0 Å². The van der Waals surface area contributed by atoms with Crippen LogP contribution in [0.4, 0.5) is 0 Å². The van der Waals surface area contributed by atoms with Gasteiger partial charge in [-0.15, -0.1) is 0 Å². The molecule has 0 saturated carbocycles. The van der Waals surface area contributed by atoms with Crippen molar-refractivity contribution in [1.82, 2.24) is 4.98 Å². The summed E-state index contributed by atoms with van der Waals surface area (Å²) < 4.78 is 5.59.